The van der Waals surface area contributed by atoms with E-state index in [0.29, 0.717) is 31.4 Å². The first-order valence-corrected chi connectivity index (χ1v) is 7.45. The highest BCUT2D eigenvalue weighted by molar-refractivity contribution is 6.31. The summed E-state index contributed by atoms with van der Waals surface area (Å²) in [6.45, 7) is 4.50. The summed E-state index contributed by atoms with van der Waals surface area (Å²) >= 11 is 12.3. The predicted molar refractivity (Wildman–Crippen MR) is 79.6 cm³/mol. The van der Waals surface area contributed by atoms with Crippen molar-refractivity contribution in [3.63, 3.8) is 0 Å². The van der Waals surface area contributed by atoms with E-state index in [0.717, 1.165) is 16.9 Å². The Balaban J connectivity index is 1.99. The van der Waals surface area contributed by atoms with Crippen LogP contribution in [-0.4, -0.2) is 35.5 Å². The van der Waals surface area contributed by atoms with Gasteiger partial charge in [-0.2, -0.15) is 0 Å². The van der Waals surface area contributed by atoms with Crippen LogP contribution in [0.1, 0.15) is 18.1 Å². The average molecular weight is 315 g/mol. The Hall–Kier alpha value is -0.810. The lowest BCUT2D eigenvalue weighted by atomic mass is 10.3. The van der Waals surface area contributed by atoms with Crippen molar-refractivity contribution in [3.8, 4) is 0 Å². The molecule has 0 spiro atoms. The van der Waals surface area contributed by atoms with E-state index < -0.39 is 0 Å². The average Bonchev–Trinajstić information content (AvgIpc) is 2.78. The summed E-state index contributed by atoms with van der Waals surface area (Å²) in [5, 5.41) is 0.499. The van der Waals surface area contributed by atoms with Gasteiger partial charge in [0.2, 0.25) is 0 Å². The molecule has 6 heteroatoms. The SMILES string of the molecule is CC(Cl)c1nc2cc(Cl)ccc2n1CC1COCCO1. The molecule has 1 aromatic carbocycles. The van der Waals surface area contributed by atoms with Gasteiger partial charge in [0, 0.05) is 5.02 Å². The first-order valence-electron chi connectivity index (χ1n) is 6.64. The zero-order chi connectivity index (χ0) is 14.1. The van der Waals surface area contributed by atoms with Gasteiger partial charge in [0.1, 0.15) is 5.82 Å². The maximum absolute atomic E-state index is 6.25. The number of fused-ring (bicyclic) bond motifs is 1. The highest BCUT2D eigenvalue weighted by atomic mass is 35.5. The van der Waals surface area contributed by atoms with E-state index in [2.05, 4.69) is 9.55 Å². The van der Waals surface area contributed by atoms with Gasteiger partial charge in [0.05, 0.1) is 48.9 Å². The molecular weight excluding hydrogens is 299 g/mol. The molecule has 1 fully saturated rings. The van der Waals surface area contributed by atoms with Crippen molar-refractivity contribution >= 4 is 34.2 Å². The molecule has 0 amide bonds. The van der Waals surface area contributed by atoms with E-state index in [4.69, 9.17) is 32.7 Å². The molecule has 0 aliphatic carbocycles. The van der Waals surface area contributed by atoms with E-state index in [9.17, 15) is 0 Å². The summed E-state index contributed by atoms with van der Waals surface area (Å²) in [6.07, 6.45) is 0.0333. The van der Waals surface area contributed by atoms with Crippen molar-refractivity contribution in [2.45, 2.75) is 24.9 Å². The number of rotatable bonds is 3. The van der Waals surface area contributed by atoms with Crippen LogP contribution in [-0.2, 0) is 16.0 Å². The van der Waals surface area contributed by atoms with Crippen LogP contribution < -0.4 is 0 Å². The van der Waals surface area contributed by atoms with Crippen LogP contribution in [0.3, 0.4) is 0 Å². The van der Waals surface area contributed by atoms with Crippen molar-refractivity contribution in [2.75, 3.05) is 19.8 Å². The molecule has 20 heavy (non-hydrogen) atoms. The largest absolute Gasteiger partial charge is 0.376 e. The quantitative estimate of drug-likeness (QED) is 0.815. The molecular formula is C14H16Cl2N2O2. The Kier molecular flexibility index (Phi) is 4.17. The minimum Gasteiger partial charge on any atom is -0.376 e. The van der Waals surface area contributed by atoms with E-state index in [1.807, 2.05) is 25.1 Å². The fourth-order valence-electron chi connectivity index (χ4n) is 2.46. The lowest BCUT2D eigenvalue weighted by molar-refractivity contribution is -0.0934. The van der Waals surface area contributed by atoms with Crippen molar-refractivity contribution < 1.29 is 9.47 Å². The van der Waals surface area contributed by atoms with Crippen LogP contribution in [0.5, 0.6) is 0 Å². The monoisotopic (exact) mass is 314 g/mol. The number of hydrogen-bond donors (Lipinski definition) is 0. The van der Waals surface area contributed by atoms with Crippen molar-refractivity contribution in [2.24, 2.45) is 0 Å². The number of imidazole rings is 1. The van der Waals surface area contributed by atoms with Gasteiger partial charge in [-0.3, -0.25) is 0 Å². The summed E-state index contributed by atoms with van der Waals surface area (Å²) < 4.78 is 13.3. The Labute approximate surface area is 127 Å². The van der Waals surface area contributed by atoms with Crippen LogP contribution in [0.4, 0.5) is 0 Å². The van der Waals surface area contributed by atoms with Gasteiger partial charge in [-0.25, -0.2) is 4.98 Å². The normalized spacial score (nSPS) is 21.2. The molecule has 1 aliphatic heterocycles. The number of ether oxygens (including phenoxy) is 2. The van der Waals surface area contributed by atoms with E-state index in [-0.39, 0.29) is 11.5 Å². The number of alkyl halides is 1. The van der Waals surface area contributed by atoms with Gasteiger partial charge in [-0.15, -0.1) is 11.6 Å². The maximum atomic E-state index is 6.25. The summed E-state index contributed by atoms with van der Waals surface area (Å²) in [5.74, 6) is 0.832. The topological polar surface area (TPSA) is 36.3 Å². The number of nitrogens with zero attached hydrogens (tertiary/aromatic N) is 2. The molecule has 1 aliphatic rings. The van der Waals surface area contributed by atoms with Gasteiger partial charge in [0.15, 0.2) is 0 Å². The second kappa shape index (κ2) is 5.90. The van der Waals surface area contributed by atoms with Gasteiger partial charge in [-0.05, 0) is 25.1 Å². The van der Waals surface area contributed by atoms with Crippen LogP contribution >= 0.6 is 23.2 Å². The molecule has 0 N–H and O–H groups in total. The van der Waals surface area contributed by atoms with E-state index in [1.54, 1.807) is 0 Å². The molecule has 2 heterocycles. The van der Waals surface area contributed by atoms with E-state index in [1.165, 1.54) is 0 Å². The van der Waals surface area contributed by atoms with Crippen LogP contribution in [0, 0.1) is 0 Å². The smallest absolute Gasteiger partial charge is 0.127 e. The van der Waals surface area contributed by atoms with Gasteiger partial charge in [0.25, 0.3) is 0 Å². The summed E-state index contributed by atoms with van der Waals surface area (Å²) in [7, 11) is 0. The molecule has 108 valence electrons. The molecule has 2 atom stereocenters. The number of halogens is 2. The van der Waals surface area contributed by atoms with Crippen molar-refractivity contribution in [1.29, 1.82) is 0 Å². The third-order valence-electron chi connectivity index (χ3n) is 3.37. The van der Waals surface area contributed by atoms with Crippen molar-refractivity contribution in [1.82, 2.24) is 9.55 Å². The fourth-order valence-corrected chi connectivity index (χ4v) is 2.80. The number of benzene rings is 1. The Morgan fingerprint density at radius 3 is 3.00 bits per heavy atom. The van der Waals surface area contributed by atoms with Gasteiger partial charge in [-0.1, -0.05) is 11.6 Å². The predicted octanol–water partition coefficient (Wildman–Crippen LogP) is 3.40. The summed E-state index contributed by atoms with van der Waals surface area (Å²) in [5.41, 5.74) is 1.88. The standard InChI is InChI=1S/C14H16Cl2N2O2/c1-9(15)14-17-12-6-10(16)2-3-13(12)18(14)7-11-8-19-4-5-20-11/h2-3,6,9,11H,4-5,7-8H2,1H3. The molecule has 1 aromatic heterocycles. The molecule has 0 radical (unpaired) electrons. The first kappa shape index (κ1) is 14.1. The Morgan fingerprint density at radius 2 is 2.30 bits per heavy atom. The van der Waals surface area contributed by atoms with Gasteiger partial charge < -0.3 is 14.0 Å². The zero-order valence-electron chi connectivity index (χ0n) is 11.2. The maximum Gasteiger partial charge on any atom is 0.127 e. The van der Waals surface area contributed by atoms with Crippen LogP contribution in [0.15, 0.2) is 18.2 Å². The number of hydrogen-bond acceptors (Lipinski definition) is 3. The summed E-state index contributed by atoms with van der Waals surface area (Å²) in [6, 6.07) is 5.69. The molecule has 0 saturated carbocycles. The lowest BCUT2D eigenvalue weighted by Crippen LogP contribution is -2.32. The Bertz CT molecular complexity index is 606. The lowest BCUT2D eigenvalue weighted by Gasteiger charge is -2.24. The molecule has 0 bridgehead atoms. The zero-order valence-corrected chi connectivity index (χ0v) is 12.7. The third-order valence-corrected chi connectivity index (χ3v) is 3.80. The minimum absolute atomic E-state index is 0.0333. The first-order chi connectivity index (χ1) is 9.65. The molecule has 1 saturated heterocycles. The van der Waals surface area contributed by atoms with Crippen LogP contribution in [0.25, 0.3) is 11.0 Å². The highest BCUT2D eigenvalue weighted by Crippen LogP contribution is 2.27. The second-order valence-electron chi connectivity index (χ2n) is 4.90. The Morgan fingerprint density at radius 1 is 1.45 bits per heavy atom. The molecule has 3 rings (SSSR count). The molecule has 2 unspecified atom stereocenters. The fraction of sp³-hybridized carbons (Fsp3) is 0.500. The number of aromatic nitrogens is 2. The van der Waals surface area contributed by atoms with Crippen LogP contribution in [0.2, 0.25) is 5.02 Å². The molecule has 2 aromatic rings. The van der Waals surface area contributed by atoms with E-state index >= 15 is 0 Å². The molecule has 4 nitrogen and oxygen atoms in total. The second-order valence-corrected chi connectivity index (χ2v) is 5.99. The minimum atomic E-state index is -0.175. The van der Waals surface area contributed by atoms with Gasteiger partial charge >= 0.3 is 0 Å². The van der Waals surface area contributed by atoms with Crippen molar-refractivity contribution in [3.05, 3.63) is 29.0 Å². The third kappa shape index (κ3) is 2.79. The summed E-state index contributed by atoms with van der Waals surface area (Å²) in [4.78, 5) is 4.59. The highest BCUT2D eigenvalue weighted by Gasteiger charge is 2.21.